The van der Waals surface area contributed by atoms with Gasteiger partial charge in [0.1, 0.15) is 11.2 Å². The van der Waals surface area contributed by atoms with Gasteiger partial charge < -0.3 is 4.42 Å². The van der Waals surface area contributed by atoms with Gasteiger partial charge in [-0.2, -0.15) is 0 Å². The molecule has 0 aliphatic heterocycles. The molecule has 43 heavy (non-hydrogen) atoms. The lowest BCUT2D eigenvalue weighted by atomic mass is 9.93. The van der Waals surface area contributed by atoms with Gasteiger partial charge in [-0.1, -0.05) is 133 Å². The van der Waals surface area contributed by atoms with Crippen LogP contribution in [-0.4, -0.2) is 0 Å². The Morgan fingerprint density at radius 2 is 0.930 bits per heavy atom. The van der Waals surface area contributed by atoms with E-state index in [9.17, 15) is 0 Å². The highest BCUT2D eigenvalue weighted by molar-refractivity contribution is 6.30. The highest BCUT2D eigenvalue weighted by Gasteiger charge is 2.17. The van der Waals surface area contributed by atoms with Crippen molar-refractivity contribution in [1.29, 1.82) is 0 Å². The first kappa shape index (κ1) is 24.0. The predicted molar refractivity (Wildman–Crippen MR) is 183 cm³/mol. The lowest BCUT2D eigenvalue weighted by Gasteiger charge is -2.11. The van der Waals surface area contributed by atoms with E-state index < -0.39 is 0 Å². The second-order valence-corrected chi connectivity index (χ2v) is 11.3. The first-order valence-electron chi connectivity index (χ1n) is 14.8. The smallest absolute Gasteiger partial charge is 0.143 e. The molecule has 0 unspecified atom stereocenters. The van der Waals surface area contributed by atoms with Crippen molar-refractivity contribution in [3.8, 4) is 33.4 Å². The van der Waals surface area contributed by atoms with Crippen molar-refractivity contribution in [3.63, 3.8) is 0 Å². The molecule has 0 amide bonds. The molecular formula is C42H26O. The minimum absolute atomic E-state index is 0.919. The summed E-state index contributed by atoms with van der Waals surface area (Å²) in [5.41, 5.74) is 9.11. The molecule has 0 bridgehead atoms. The molecule has 200 valence electrons. The highest BCUT2D eigenvalue weighted by atomic mass is 16.3. The first-order chi connectivity index (χ1) is 21.3. The average molecular weight is 547 g/mol. The van der Waals surface area contributed by atoms with Crippen molar-refractivity contribution in [3.05, 3.63) is 158 Å². The molecular weight excluding hydrogens is 520 g/mol. The van der Waals surface area contributed by atoms with Gasteiger partial charge in [0.2, 0.25) is 0 Å². The van der Waals surface area contributed by atoms with Crippen LogP contribution in [0.25, 0.3) is 87.6 Å². The number of furan rings is 1. The van der Waals surface area contributed by atoms with Gasteiger partial charge in [0.25, 0.3) is 0 Å². The molecule has 0 saturated carbocycles. The standard InChI is InChI=1S/C42H26O/c1-2-9-27(10-3-1)32-22-24-38-40(26-32)43-42-37-23-21-31(25-39(37)35-14-6-7-15-36(35)41(38)42)28-17-19-30(20-18-28)34-16-8-12-29-11-4-5-13-33(29)34/h1-26H. The lowest BCUT2D eigenvalue weighted by Crippen LogP contribution is -1.85. The SMILES string of the molecule is c1ccc(-c2ccc3c(c2)oc2c4ccc(-c5ccc(-c6cccc7ccccc67)cc5)cc4c4ccccc4c32)cc1. The molecule has 0 radical (unpaired) electrons. The van der Waals surface area contributed by atoms with E-state index >= 15 is 0 Å². The zero-order chi connectivity index (χ0) is 28.3. The van der Waals surface area contributed by atoms with Crippen LogP contribution in [-0.2, 0) is 0 Å². The summed E-state index contributed by atoms with van der Waals surface area (Å²) in [6, 6.07) is 56.7. The molecule has 1 aromatic heterocycles. The monoisotopic (exact) mass is 546 g/mol. The van der Waals surface area contributed by atoms with E-state index in [4.69, 9.17) is 4.42 Å². The molecule has 8 aromatic carbocycles. The van der Waals surface area contributed by atoms with E-state index in [1.165, 1.54) is 60.1 Å². The lowest BCUT2D eigenvalue weighted by molar-refractivity contribution is 0.673. The molecule has 1 heterocycles. The normalized spacial score (nSPS) is 11.7. The Balaban J connectivity index is 1.20. The molecule has 0 N–H and O–H groups in total. The summed E-state index contributed by atoms with van der Waals surface area (Å²) in [6.07, 6.45) is 0. The van der Waals surface area contributed by atoms with E-state index in [1.54, 1.807) is 0 Å². The minimum atomic E-state index is 0.919. The summed E-state index contributed by atoms with van der Waals surface area (Å²) >= 11 is 0. The van der Waals surface area contributed by atoms with Crippen molar-refractivity contribution >= 4 is 54.3 Å². The van der Waals surface area contributed by atoms with E-state index in [1.807, 2.05) is 0 Å². The van der Waals surface area contributed by atoms with Crippen molar-refractivity contribution < 1.29 is 4.42 Å². The molecule has 0 fully saturated rings. The van der Waals surface area contributed by atoms with Crippen LogP contribution in [0.15, 0.2) is 162 Å². The van der Waals surface area contributed by atoms with E-state index in [2.05, 4.69) is 158 Å². The van der Waals surface area contributed by atoms with Crippen LogP contribution in [0.2, 0.25) is 0 Å². The largest absolute Gasteiger partial charge is 0.455 e. The number of hydrogen-bond donors (Lipinski definition) is 0. The third-order valence-corrected chi connectivity index (χ3v) is 8.87. The maximum absolute atomic E-state index is 6.68. The van der Waals surface area contributed by atoms with E-state index in [0.717, 1.165) is 27.5 Å². The third kappa shape index (κ3) is 3.79. The summed E-state index contributed by atoms with van der Waals surface area (Å²) in [5, 5.41) is 9.70. The van der Waals surface area contributed by atoms with Crippen molar-refractivity contribution in [2.24, 2.45) is 0 Å². The summed E-state index contributed by atoms with van der Waals surface area (Å²) in [5.74, 6) is 0. The van der Waals surface area contributed by atoms with Gasteiger partial charge in [-0.3, -0.25) is 0 Å². The van der Waals surface area contributed by atoms with Gasteiger partial charge in [-0.25, -0.2) is 0 Å². The zero-order valence-corrected chi connectivity index (χ0v) is 23.4. The number of hydrogen-bond acceptors (Lipinski definition) is 1. The van der Waals surface area contributed by atoms with Crippen LogP contribution in [0.1, 0.15) is 0 Å². The Morgan fingerprint density at radius 3 is 1.77 bits per heavy atom. The van der Waals surface area contributed by atoms with Crippen molar-refractivity contribution in [1.82, 2.24) is 0 Å². The van der Waals surface area contributed by atoms with E-state index in [0.29, 0.717) is 0 Å². The van der Waals surface area contributed by atoms with Crippen molar-refractivity contribution in [2.75, 3.05) is 0 Å². The Hall–Kier alpha value is -5.66. The fraction of sp³-hybridized carbons (Fsp3) is 0. The van der Waals surface area contributed by atoms with Crippen LogP contribution >= 0.6 is 0 Å². The molecule has 0 spiro atoms. The maximum Gasteiger partial charge on any atom is 0.143 e. The van der Waals surface area contributed by atoms with Crippen LogP contribution < -0.4 is 0 Å². The fourth-order valence-corrected chi connectivity index (χ4v) is 6.76. The van der Waals surface area contributed by atoms with Gasteiger partial charge in [-0.15, -0.1) is 0 Å². The highest BCUT2D eigenvalue weighted by Crippen LogP contribution is 2.43. The molecule has 9 aromatic rings. The quantitative estimate of drug-likeness (QED) is 0.201. The molecule has 9 rings (SSSR count). The van der Waals surface area contributed by atoms with Crippen LogP contribution in [0.5, 0.6) is 0 Å². The second-order valence-electron chi connectivity index (χ2n) is 11.3. The topological polar surface area (TPSA) is 13.1 Å². The van der Waals surface area contributed by atoms with Crippen LogP contribution in [0.4, 0.5) is 0 Å². The first-order valence-corrected chi connectivity index (χ1v) is 14.8. The minimum Gasteiger partial charge on any atom is -0.455 e. The molecule has 1 heteroatoms. The number of benzene rings is 8. The molecule has 0 saturated heterocycles. The second kappa shape index (κ2) is 9.44. The fourth-order valence-electron chi connectivity index (χ4n) is 6.76. The van der Waals surface area contributed by atoms with Gasteiger partial charge in [0, 0.05) is 16.2 Å². The summed E-state index contributed by atoms with van der Waals surface area (Å²) < 4.78 is 6.68. The van der Waals surface area contributed by atoms with Crippen LogP contribution in [0, 0.1) is 0 Å². The van der Waals surface area contributed by atoms with Gasteiger partial charge in [0.05, 0.1) is 0 Å². The number of fused-ring (bicyclic) bond motifs is 9. The Labute approximate surface area is 249 Å². The molecule has 0 aliphatic carbocycles. The summed E-state index contributed by atoms with van der Waals surface area (Å²) in [4.78, 5) is 0. The molecule has 0 atom stereocenters. The Morgan fingerprint density at radius 1 is 0.326 bits per heavy atom. The summed E-state index contributed by atoms with van der Waals surface area (Å²) in [7, 11) is 0. The Kier molecular flexibility index (Phi) is 5.27. The number of rotatable bonds is 3. The predicted octanol–water partition coefficient (Wildman–Crippen LogP) is 12.0. The maximum atomic E-state index is 6.68. The molecule has 1 nitrogen and oxygen atoms in total. The average Bonchev–Trinajstić information content (AvgIpc) is 3.48. The Bertz CT molecular complexity index is 2480. The van der Waals surface area contributed by atoms with Crippen molar-refractivity contribution in [2.45, 2.75) is 0 Å². The zero-order valence-electron chi connectivity index (χ0n) is 23.4. The summed E-state index contributed by atoms with van der Waals surface area (Å²) in [6.45, 7) is 0. The van der Waals surface area contributed by atoms with Crippen LogP contribution in [0.3, 0.4) is 0 Å². The van der Waals surface area contributed by atoms with Gasteiger partial charge in [-0.05, 0) is 84.6 Å². The van der Waals surface area contributed by atoms with Gasteiger partial charge in [0.15, 0.2) is 0 Å². The van der Waals surface area contributed by atoms with E-state index in [-0.39, 0.29) is 0 Å². The molecule has 0 aliphatic rings. The third-order valence-electron chi connectivity index (χ3n) is 8.87. The van der Waals surface area contributed by atoms with Gasteiger partial charge >= 0.3 is 0 Å².